The van der Waals surface area contributed by atoms with E-state index >= 15 is 0 Å². The molecule has 0 spiro atoms. The molecule has 11 heteroatoms. The fourth-order valence-electron chi connectivity index (χ4n) is 4.78. The van der Waals surface area contributed by atoms with Crippen molar-refractivity contribution >= 4 is 21.6 Å². The van der Waals surface area contributed by atoms with E-state index in [0.717, 1.165) is 73.3 Å². The van der Waals surface area contributed by atoms with Gasteiger partial charge in [-0.1, -0.05) is 0 Å². The average Bonchev–Trinajstić information content (AvgIpc) is 3.46. The number of aryl methyl sites for hydroxylation is 2. The molecule has 2 aromatic heterocycles. The number of urea groups is 1. The predicted molar refractivity (Wildman–Crippen MR) is 115 cm³/mol. The number of nitrogens with two attached hydrogens (primary N) is 1. The van der Waals surface area contributed by atoms with E-state index in [-0.39, 0.29) is 10.8 Å². The molecule has 2 atom stereocenters. The molecule has 3 aliphatic rings. The van der Waals surface area contributed by atoms with Gasteiger partial charge in [0.15, 0.2) is 9.92 Å². The minimum atomic E-state index is -3.51. The van der Waals surface area contributed by atoms with Crippen LogP contribution in [0.1, 0.15) is 35.4 Å². The Balaban J connectivity index is 1.42. The van der Waals surface area contributed by atoms with Gasteiger partial charge in [-0.2, -0.15) is 5.10 Å². The number of nitrogens with one attached hydrogen (secondary N) is 2. The molecule has 3 heterocycles. The quantitative estimate of drug-likeness (QED) is 0.651. The van der Waals surface area contributed by atoms with Gasteiger partial charge in [-0.3, -0.25) is 4.98 Å². The molecule has 0 radical (unpaired) electrons. The molecule has 2 aromatic rings. The van der Waals surface area contributed by atoms with Crippen molar-refractivity contribution in [2.75, 3.05) is 25.5 Å². The van der Waals surface area contributed by atoms with Crippen LogP contribution in [0.2, 0.25) is 0 Å². The minimum Gasteiger partial charge on any atom is -0.476 e. The third-order valence-corrected chi connectivity index (χ3v) is 7.50. The smallest absolute Gasteiger partial charge is 0.354 e. The number of amides is 2. The van der Waals surface area contributed by atoms with Crippen molar-refractivity contribution in [3.05, 3.63) is 28.7 Å². The van der Waals surface area contributed by atoms with Crippen LogP contribution in [-0.4, -0.2) is 45.2 Å². The van der Waals surface area contributed by atoms with Gasteiger partial charge in [0.2, 0.25) is 5.88 Å². The molecular formula is C20H27N7O3S. The highest BCUT2D eigenvalue weighted by Crippen LogP contribution is 2.37. The first-order valence-corrected chi connectivity index (χ1v) is 12.3. The van der Waals surface area contributed by atoms with Crippen LogP contribution in [0.4, 0.5) is 10.5 Å². The summed E-state index contributed by atoms with van der Waals surface area (Å²) in [5, 5.41) is 16.3. The number of carbonyl (C=O) groups is 1. The highest BCUT2D eigenvalue weighted by Gasteiger charge is 2.29. The van der Waals surface area contributed by atoms with Crippen LogP contribution in [0, 0.1) is 5.92 Å². The Labute approximate surface area is 181 Å². The summed E-state index contributed by atoms with van der Waals surface area (Å²) in [5.41, 5.74) is 5.06. The third-order valence-electron chi connectivity index (χ3n) is 6.16. The average molecular weight is 446 g/mol. The highest BCUT2D eigenvalue weighted by atomic mass is 32.2. The molecule has 31 heavy (non-hydrogen) atoms. The van der Waals surface area contributed by atoms with Gasteiger partial charge in [-0.05, 0) is 56.7 Å². The van der Waals surface area contributed by atoms with Crippen LogP contribution >= 0.6 is 0 Å². The van der Waals surface area contributed by atoms with Crippen LogP contribution in [0.3, 0.4) is 0 Å². The van der Waals surface area contributed by atoms with Crippen molar-refractivity contribution in [3.8, 4) is 5.88 Å². The summed E-state index contributed by atoms with van der Waals surface area (Å²) in [6, 6.07) is -0.717. The maximum atomic E-state index is 13.2. The van der Waals surface area contributed by atoms with E-state index in [0.29, 0.717) is 19.0 Å². The van der Waals surface area contributed by atoms with Gasteiger partial charge < -0.3 is 15.4 Å². The number of rotatable bonds is 4. The molecule has 0 bridgehead atoms. The molecule has 2 aliphatic carbocycles. The fraction of sp³-hybridized carbons (Fsp3) is 0.550. The van der Waals surface area contributed by atoms with E-state index in [1.54, 1.807) is 4.68 Å². The van der Waals surface area contributed by atoms with E-state index in [9.17, 15) is 9.00 Å². The Morgan fingerprint density at radius 3 is 2.68 bits per heavy atom. The number of hydrogen-bond acceptors (Lipinski definition) is 6. The molecule has 0 aromatic carbocycles. The second kappa shape index (κ2) is 7.88. The standard InChI is InChI=1S/C20H27N7O3S/c1-22-8-12-10-27-19(30-11-12)17(9-23-27)31(21,29)26-20(28)25-18-13-4-2-6-15(13)24-16-7-3-5-14(16)18/h9,12,22H,2-8,10-11H2,1H3,(H3,21,24,25,26,28,29). The number of nitrogens with zero attached hydrogens (tertiary/aromatic N) is 4. The molecule has 5 rings (SSSR count). The van der Waals surface area contributed by atoms with Crippen LogP contribution in [0.15, 0.2) is 15.5 Å². The first-order chi connectivity index (χ1) is 15.0. The number of carbonyl (C=O) groups excluding carboxylic acids is 1. The predicted octanol–water partition coefficient (Wildman–Crippen LogP) is 1.42. The molecule has 10 nitrogen and oxygen atoms in total. The lowest BCUT2D eigenvalue weighted by atomic mass is 10.1. The number of ether oxygens (including phenoxy) is 1. The maximum Gasteiger partial charge on any atom is 0.354 e. The van der Waals surface area contributed by atoms with Crippen molar-refractivity contribution in [3.63, 3.8) is 0 Å². The third kappa shape index (κ3) is 3.70. The summed E-state index contributed by atoms with van der Waals surface area (Å²) in [6.45, 7) is 1.85. The van der Waals surface area contributed by atoms with Crippen molar-refractivity contribution in [2.24, 2.45) is 15.4 Å². The van der Waals surface area contributed by atoms with Crippen molar-refractivity contribution in [2.45, 2.75) is 50.0 Å². The van der Waals surface area contributed by atoms with Gasteiger partial charge in [-0.15, -0.1) is 4.36 Å². The Kier molecular flexibility index (Phi) is 5.19. The van der Waals surface area contributed by atoms with Crippen molar-refractivity contribution in [1.29, 1.82) is 0 Å². The maximum absolute atomic E-state index is 13.2. The van der Waals surface area contributed by atoms with Crippen LogP contribution in [-0.2, 0) is 42.1 Å². The highest BCUT2D eigenvalue weighted by molar-refractivity contribution is 7.91. The molecule has 0 saturated carbocycles. The van der Waals surface area contributed by atoms with Gasteiger partial charge in [0, 0.05) is 23.9 Å². The van der Waals surface area contributed by atoms with E-state index in [2.05, 4.69) is 20.1 Å². The van der Waals surface area contributed by atoms with Gasteiger partial charge >= 0.3 is 6.03 Å². The second-order valence-electron chi connectivity index (χ2n) is 8.37. The Bertz CT molecular complexity index is 1130. The topological polar surface area (TPSA) is 137 Å². The van der Waals surface area contributed by atoms with Crippen LogP contribution in [0.5, 0.6) is 5.88 Å². The summed E-state index contributed by atoms with van der Waals surface area (Å²) in [6.07, 6.45) is 7.03. The lowest BCUT2D eigenvalue weighted by Crippen LogP contribution is -2.33. The lowest BCUT2D eigenvalue weighted by Gasteiger charge is -2.24. The minimum absolute atomic E-state index is 0.149. The Hall–Kier alpha value is -2.50. The fourth-order valence-corrected chi connectivity index (χ4v) is 5.78. The first kappa shape index (κ1) is 20.4. The Morgan fingerprint density at radius 1 is 1.29 bits per heavy atom. The number of fused-ring (bicyclic) bond motifs is 3. The van der Waals surface area contributed by atoms with E-state index in [1.165, 1.54) is 6.20 Å². The zero-order chi connectivity index (χ0) is 21.6. The van der Waals surface area contributed by atoms with Gasteiger partial charge in [-0.25, -0.2) is 18.8 Å². The van der Waals surface area contributed by atoms with Gasteiger partial charge in [0.1, 0.15) is 4.90 Å². The first-order valence-electron chi connectivity index (χ1n) is 10.7. The van der Waals surface area contributed by atoms with Gasteiger partial charge in [0.05, 0.1) is 25.0 Å². The lowest BCUT2D eigenvalue weighted by molar-refractivity contribution is 0.159. The molecule has 4 N–H and O–H groups in total. The number of aromatic nitrogens is 3. The Morgan fingerprint density at radius 2 is 2.00 bits per heavy atom. The molecule has 0 fully saturated rings. The zero-order valence-electron chi connectivity index (χ0n) is 17.5. The van der Waals surface area contributed by atoms with Gasteiger partial charge in [0.25, 0.3) is 0 Å². The van der Waals surface area contributed by atoms with Crippen molar-refractivity contribution in [1.82, 2.24) is 20.1 Å². The number of anilines is 1. The summed E-state index contributed by atoms with van der Waals surface area (Å²) >= 11 is 0. The largest absolute Gasteiger partial charge is 0.476 e. The zero-order valence-corrected chi connectivity index (χ0v) is 18.3. The van der Waals surface area contributed by atoms with E-state index in [1.807, 2.05) is 7.05 Å². The summed E-state index contributed by atoms with van der Waals surface area (Å²) in [5.74, 6) is 0.567. The number of hydrogen-bond donors (Lipinski definition) is 3. The van der Waals surface area contributed by atoms with Crippen molar-refractivity contribution < 1.29 is 13.7 Å². The van der Waals surface area contributed by atoms with Crippen LogP contribution in [0.25, 0.3) is 0 Å². The summed E-state index contributed by atoms with van der Waals surface area (Å²) in [7, 11) is -1.64. The normalized spacial score (nSPS) is 20.9. The summed E-state index contributed by atoms with van der Waals surface area (Å²) < 4.78 is 24.4. The molecule has 2 amide bonds. The van der Waals surface area contributed by atoms with E-state index in [4.69, 9.17) is 14.9 Å². The second-order valence-corrected chi connectivity index (χ2v) is 10.1. The summed E-state index contributed by atoms with van der Waals surface area (Å²) in [4.78, 5) is 17.7. The molecule has 0 saturated heterocycles. The van der Waals surface area contributed by atoms with Crippen LogP contribution < -0.4 is 20.5 Å². The monoisotopic (exact) mass is 445 g/mol. The molecule has 2 unspecified atom stereocenters. The number of pyridine rings is 1. The molecular weight excluding hydrogens is 418 g/mol. The SMILES string of the molecule is CNCC1COc2c(S(N)(=O)=NC(=O)Nc3c4c(nc5c3CCC5)CCC4)cnn2C1. The molecule has 1 aliphatic heterocycles. The van der Waals surface area contributed by atoms with E-state index < -0.39 is 15.9 Å². The molecule has 166 valence electrons.